The molecule has 0 aliphatic rings. The number of phosphoric acid groups is 2. The average Bonchev–Trinajstić information content (AvgIpc) is 3.45. The number of carbonyl (C=O) groups excluding carboxylic acids is 4. The Labute approximate surface area is 498 Å². The number of rotatable bonds is 63. The Bertz CT molecular complexity index is 1600. The van der Waals surface area contributed by atoms with Crippen LogP contribution in [0.4, 0.5) is 0 Å². The molecule has 0 fully saturated rings. The second kappa shape index (κ2) is 56.8. The molecule has 0 aliphatic heterocycles. The number of carbonyl (C=O) groups is 4. The molecule has 0 rings (SSSR count). The summed E-state index contributed by atoms with van der Waals surface area (Å²) in [5.41, 5.74) is 0. The van der Waals surface area contributed by atoms with Crippen LogP contribution in [-0.2, 0) is 65.4 Å². The molecule has 0 heterocycles. The first-order valence-electron chi connectivity index (χ1n) is 33.1. The Morgan fingerprint density at radius 2 is 0.561 bits per heavy atom. The molecule has 0 spiro atoms. The smallest absolute Gasteiger partial charge is 0.462 e. The van der Waals surface area contributed by atoms with Gasteiger partial charge in [-0.05, 0) is 31.6 Å². The van der Waals surface area contributed by atoms with E-state index in [-0.39, 0.29) is 25.7 Å². The molecule has 5 atom stereocenters. The van der Waals surface area contributed by atoms with Gasteiger partial charge in [0.1, 0.15) is 19.3 Å². The van der Waals surface area contributed by atoms with Crippen LogP contribution < -0.4 is 0 Å². The summed E-state index contributed by atoms with van der Waals surface area (Å²) in [5.74, 6) is -1.44. The molecule has 0 aromatic heterocycles. The second-order valence-electron chi connectivity index (χ2n) is 23.3. The number of unbranched alkanes of at least 4 members (excludes halogenated alkanes) is 35. The van der Waals surface area contributed by atoms with Gasteiger partial charge in [0.25, 0.3) is 0 Å². The average molecular weight is 1210 g/mol. The highest BCUT2D eigenvalue weighted by Gasteiger charge is 2.30. The van der Waals surface area contributed by atoms with Crippen LogP contribution in [0.1, 0.15) is 317 Å². The van der Waals surface area contributed by atoms with Crippen LogP contribution in [-0.4, -0.2) is 96.7 Å². The van der Waals surface area contributed by atoms with E-state index >= 15 is 0 Å². The standard InChI is InChI=1S/C63H122O17P2/c1-6-9-12-15-18-20-22-23-24-26-28-33-38-43-48-62(67)79-59(53-74-61(66)47-42-37-32-27-25-21-19-16-13-10-7-2)55-78-82(71,72)76-51-57(64)50-75-81(69,70)77-54-58(52-73-60(65)46-41-36-30-17-14-11-8-3)80-63(68)49-44-39-34-29-31-35-40-45-56(4)5/h56-59,64H,6-55H2,1-5H3,(H,69,70)(H,71,72)/t57-,58+,59+/m0/s1. The third kappa shape index (κ3) is 57.2. The summed E-state index contributed by atoms with van der Waals surface area (Å²) in [5, 5.41) is 10.5. The first-order chi connectivity index (χ1) is 39.5. The summed E-state index contributed by atoms with van der Waals surface area (Å²) >= 11 is 0. The van der Waals surface area contributed by atoms with E-state index in [4.69, 9.17) is 37.0 Å². The number of aliphatic hydroxyl groups is 1. The van der Waals surface area contributed by atoms with Crippen molar-refractivity contribution in [1.29, 1.82) is 0 Å². The van der Waals surface area contributed by atoms with Gasteiger partial charge < -0.3 is 33.8 Å². The highest BCUT2D eigenvalue weighted by Crippen LogP contribution is 2.45. The number of esters is 4. The molecule has 0 bridgehead atoms. The molecule has 0 saturated heterocycles. The minimum Gasteiger partial charge on any atom is -0.462 e. The number of hydrogen-bond donors (Lipinski definition) is 3. The molecule has 0 radical (unpaired) electrons. The fourth-order valence-corrected chi connectivity index (χ4v) is 11.0. The minimum absolute atomic E-state index is 0.103. The van der Waals surface area contributed by atoms with Gasteiger partial charge in [-0.2, -0.15) is 0 Å². The number of hydrogen-bond acceptors (Lipinski definition) is 15. The predicted octanol–water partition coefficient (Wildman–Crippen LogP) is 17.4. The highest BCUT2D eigenvalue weighted by atomic mass is 31.2. The Balaban J connectivity index is 5.21. The molecule has 82 heavy (non-hydrogen) atoms. The van der Waals surface area contributed by atoms with Crippen molar-refractivity contribution < 1.29 is 80.2 Å². The Morgan fingerprint density at radius 1 is 0.329 bits per heavy atom. The predicted molar refractivity (Wildman–Crippen MR) is 326 cm³/mol. The maximum Gasteiger partial charge on any atom is 0.472 e. The quantitative estimate of drug-likeness (QED) is 0.0222. The summed E-state index contributed by atoms with van der Waals surface area (Å²) in [6.07, 6.45) is 40.4. The van der Waals surface area contributed by atoms with Crippen LogP contribution in [0.3, 0.4) is 0 Å². The van der Waals surface area contributed by atoms with Crippen LogP contribution in [0.25, 0.3) is 0 Å². The molecule has 17 nitrogen and oxygen atoms in total. The Hall–Kier alpha value is -1.94. The normalized spacial score (nSPS) is 14.3. The zero-order valence-corrected chi connectivity index (χ0v) is 54.4. The van der Waals surface area contributed by atoms with Crippen LogP contribution in [0.2, 0.25) is 0 Å². The van der Waals surface area contributed by atoms with Gasteiger partial charge in [0.15, 0.2) is 12.2 Å². The van der Waals surface area contributed by atoms with Crippen molar-refractivity contribution in [1.82, 2.24) is 0 Å². The largest absolute Gasteiger partial charge is 0.472 e. The summed E-state index contributed by atoms with van der Waals surface area (Å²) in [6.45, 7) is 7.09. The number of phosphoric ester groups is 2. The van der Waals surface area contributed by atoms with Gasteiger partial charge in [-0.15, -0.1) is 0 Å². The van der Waals surface area contributed by atoms with Crippen LogP contribution >= 0.6 is 15.6 Å². The van der Waals surface area contributed by atoms with Crippen molar-refractivity contribution in [2.75, 3.05) is 39.6 Å². The molecule has 3 N–H and O–H groups in total. The SMILES string of the molecule is CCCCCCCCCCCCCCCCC(=O)O[C@H](COC(=O)CCCCCCCCCCCCC)COP(=O)(O)OC[C@@H](O)COP(=O)(O)OC[C@@H](COC(=O)CCCCCCCCC)OC(=O)CCCCCCCCCC(C)C. The van der Waals surface area contributed by atoms with Gasteiger partial charge in [-0.3, -0.25) is 37.3 Å². The van der Waals surface area contributed by atoms with Crippen LogP contribution in [0.5, 0.6) is 0 Å². The molecule has 0 aliphatic carbocycles. The van der Waals surface area contributed by atoms with Crippen LogP contribution in [0.15, 0.2) is 0 Å². The molecule has 0 saturated carbocycles. The minimum atomic E-state index is -4.94. The van der Waals surface area contributed by atoms with Gasteiger partial charge >= 0.3 is 39.5 Å². The summed E-state index contributed by atoms with van der Waals surface area (Å²) in [4.78, 5) is 72.0. The lowest BCUT2D eigenvalue weighted by Gasteiger charge is -2.21. The van der Waals surface area contributed by atoms with Crippen molar-refractivity contribution in [3.8, 4) is 0 Å². The zero-order chi connectivity index (χ0) is 60.6. The van der Waals surface area contributed by atoms with Gasteiger partial charge in [0.2, 0.25) is 0 Å². The van der Waals surface area contributed by atoms with E-state index in [0.717, 1.165) is 103 Å². The van der Waals surface area contributed by atoms with Crippen molar-refractivity contribution in [3.05, 3.63) is 0 Å². The monoisotopic (exact) mass is 1210 g/mol. The van der Waals surface area contributed by atoms with E-state index in [9.17, 15) is 43.2 Å². The lowest BCUT2D eigenvalue weighted by molar-refractivity contribution is -0.161. The van der Waals surface area contributed by atoms with Crippen molar-refractivity contribution in [2.24, 2.45) is 5.92 Å². The Morgan fingerprint density at radius 3 is 0.829 bits per heavy atom. The van der Waals surface area contributed by atoms with E-state index in [1.807, 2.05) is 0 Å². The fraction of sp³-hybridized carbons (Fsp3) is 0.937. The first kappa shape index (κ1) is 80.1. The second-order valence-corrected chi connectivity index (χ2v) is 26.2. The molecule has 0 aromatic rings. The van der Waals surface area contributed by atoms with Gasteiger partial charge in [-0.1, -0.05) is 266 Å². The third-order valence-corrected chi connectivity index (χ3v) is 16.4. The summed E-state index contributed by atoms with van der Waals surface area (Å²) < 4.78 is 67.9. The lowest BCUT2D eigenvalue weighted by atomic mass is 10.0. The molecule has 486 valence electrons. The van der Waals surface area contributed by atoms with Gasteiger partial charge in [0, 0.05) is 25.7 Å². The fourth-order valence-electron chi connectivity index (χ4n) is 9.41. The van der Waals surface area contributed by atoms with E-state index in [1.165, 1.54) is 128 Å². The summed E-state index contributed by atoms with van der Waals surface area (Å²) in [7, 11) is -9.88. The molecule has 0 aromatic carbocycles. The van der Waals surface area contributed by atoms with Crippen LogP contribution in [0, 0.1) is 5.92 Å². The van der Waals surface area contributed by atoms with E-state index in [1.54, 1.807) is 0 Å². The zero-order valence-electron chi connectivity index (χ0n) is 52.6. The molecule has 2 unspecified atom stereocenters. The number of aliphatic hydroxyl groups excluding tert-OH is 1. The lowest BCUT2D eigenvalue weighted by Crippen LogP contribution is -2.30. The molecule has 0 amide bonds. The third-order valence-electron chi connectivity index (χ3n) is 14.5. The van der Waals surface area contributed by atoms with Crippen molar-refractivity contribution >= 4 is 39.5 Å². The topological polar surface area (TPSA) is 237 Å². The van der Waals surface area contributed by atoms with E-state index in [2.05, 4.69) is 34.6 Å². The highest BCUT2D eigenvalue weighted by molar-refractivity contribution is 7.47. The van der Waals surface area contributed by atoms with E-state index < -0.39 is 97.5 Å². The molecular weight excluding hydrogens is 1090 g/mol. The van der Waals surface area contributed by atoms with Crippen molar-refractivity contribution in [3.63, 3.8) is 0 Å². The summed E-state index contributed by atoms with van der Waals surface area (Å²) in [6, 6.07) is 0. The number of ether oxygens (including phenoxy) is 4. The first-order valence-corrected chi connectivity index (χ1v) is 36.1. The Kier molecular flexibility index (Phi) is 55.5. The van der Waals surface area contributed by atoms with Crippen molar-refractivity contribution in [2.45, 2.75) is 335 Å². The van der Waals surface area contributed by atoms with Gasteiger partial charge in [0.05, 0.1) is 26.4 Å². The molecular formula is C63H122O17P2. The van der Waals surface area contributed by atoms with Gasteiger partial charge in [-0.25, -0.2) is 9.13 Å². The maximum absolute atomic E-state index is 13.0. The molecule has 19 heteroatoms. The van der Waals surface area contributed by atoms with E-state index in [0.29, 0.717) is 31.6 Å². The maximum atomic E-state index is 13.0.